The number of hydrogen-bond acceptors (Lipinski definition) is 7. The molecule has 0 spiro atoms. The van der Waals surface area contributed by atoms with E-state index in [4.69, 9.17) is 9.97 Å². The average Bonchev–Trinajstić information content (AvgIpc) is 3.13. The van der Waals surface area contributed by atoms with Gasteiger partial charge in [-0.25, -0.2) is 4.98 Å². The predicted molar refractivity (Wildman–Crippen MR) is 130 cm³/mol. The SMILES string of the molecule is c1ccc(CNC2NCCCC2Nc2nc3c(c(N4CCCCCC4)n2)CNCC3)cc1. The van der Waals surface area contributed by atoms with Gasteiger partial charge < -0.3 is 20.9 Å². The van der Waals surface area contributed by atoms with Gasteiger partial charge in [-0.1, -0.05) is 43.2 Å². The summed E-state index contributed by atoms with van der Waals surface area (Å²) in [5, 5.41) is 14.6. The van der Waals surface area contributed by atoms with Crippen LogP contribution in [0.25, 0.3) is 0 Å². The van der Waals surface area contributed by atoms with Gasteiger partial charge in [0.1, 0.15) is 5.82 Å². The lowest BCUT2D eigenvalue weighted by Crippen LogP contribution is -2.56. The maximum atomic E-state index is 5.11. The highest BCUT2D eigenvalue weighted by molar-refractivity contribution is 5.54. The number of nitrogens with zero attached hydrogens (tertiary/aromatic N) is 3. The van der Waals surface area contributed by atoms with E-state index in [0.29, 0.717) is 0 Å². The molecule has 3 aliphatic rings. The first-order chi connectivity index (χ1) is 15.9. The van der Waals surface area contributed by atoms with E-state index in [2.05, 4.69) is 56.5 Å². The van der Waals surface area contributed by atoms with Crippen LogP contribution >= 0.6 is 0 Å². The monoisotopic (exact) mass is 435 g/mol. The zero-order chi connectivity index (χ0) is 21.6. The van der Waals surface area contributed by atoms with Gasteiger partial charge in [0, 0.05) is 44.7 Å². The minimum Gasteiger partial charge on any atom is -0.356 e. The Labute approximate surface area is 191 Å². The molecular formula is C25H37N7. The molecule has 0 amide bonds. The lowest BCUT2D eigenvalue weighted by molar-refractivity contribution is 0.314. The van der Waals surface area contributed by atoms with Crippen LogP contribution in [0.1, 0.15) is 55.3 Å². The fourth-order valence-corrected chi connectivity index (χ4v) is 5.18. The maximum Gasteiger partial charge on any atom is 0.225 e. The van der Waals surface area contributed by atoms with E-state index in [1.165, 1.54) is 42.5 Å². The number of rotatable bonds is 6. The Bertz CT molecular complexity index is 864. The van der Waals surface area contributed by atoms with Gasteiger partial charge in [0.15, 0.2) is 0 Å². The number of piperidine rings is 1. The smallest absolute Gasteiger partial charge is 0.225 e. The molecule has 7 nitrogen and oxygen atoms in total. The van der Waals surface area contributed by atoms with Crippen LogP contribution in [0.4, 0.5) is 11.8 Å². The third-order valence-corrected chi connectivity index (χ3v) is 6.96. The topological polar surface area (TPSA) is 77.1 Å². The van der Waals surface area contributed by atoms with Crippen molar-refractivity contribution in [3.63, 3.8) is 0 Å². The fraction of sp³-hybridized carbons (Fsp3) is 0.600. The fourth-order valence-electron chi connectivity index (χ4n) is 5.18. The molecule has 4 heterocycles. The molecule has 0 radical (unpaired) electrons. The van der Waals surface area contributed by atoms with Gasteiger partial charge in [-0.05, 0) is 37.8 Å². The third kappa shape index (κ3) is 5.22. The normalized spacial score (nSPS) is 23.9. The third-order valence-electron chi connectivity index (χ3n) is 6.96. The van der Waals surface area contributed by atoms with Crippen molar-refractivity contribution in [2.75, 3.05) is 36.4 Å². The van der Waals surface area contributed by atoms with E-state index in [9.17, 15) is 0 Å². The van der Waals surface area contributed by atoms with Crippen LogP contribution in [0.3, 0.4) is 0 Å². The first-order valence-corrected chi connectivity index (χ1v) is 12.5. The average molecular weight is 436 g/mol. The van der Waals surface area contributed by atoms with Crippen LogP contribution in [0.5, 0.6) is 0 Å². The number of hydrogen-bond donors (Lipinski definition) is 4. The summed E-state index contributed by atoms with van der Waals surface area (Å²) < 4.78 is 0. The van der Waals surface area contributed by atoms with Crippen LogP contribution in [-0.2, 0) is 19.5 Å². The van der Waals surface area contributed by atoms with Crippen LogP contribution in [-0.4, -0.2) is 48.4 Å². The van der Waals surface area contributed by atoms with Crippen molar-refractivity contribution in [2.24, 2.45) is 0 Å². The molecule has 0 saturated carbocycles. The van der Waals surface area contributed by atoms with E-state index in [-0.39, 0.29) is 12.2 Å². The highest BCUT2D eigenvalue weighted by Gasteiger charge is 2.27. The Balaban J connectivity index is 1.34. The van der Waals surface area contributed by atoms with Crippen molar-refractivity contribution < 1.29 is 0 Å². The lowest BCUT2D eigenvalue weighted by atomic mass is 10.0. The molecule has 1 aromatic carbocycles. The molecular weight excluding hydrogens is 398 g/mol. The Kier molecular flexibility index (Phi) is 7.16. The molecule has 2 aromatic rings. The molecule has 2 fully saturated rings. The molecule has 2 unspecified atom stereocenters. The summed E-state index contributed by atoms with van der Waals surface area (Å²) in [6.45, 7) is 5.99. The number of fused-ring (bicyclic) bond motifs is 1. The molecule has 172 valence electrons. The van der Waals surface area contributed by atoms with E-state index in [1.54, 1.807) is 0 Å². The first kappa shape index (κ1) is 21.6. The Hall–Kier alpha value is -2.22. The van der Waals surface area contributed by atoms with E-state index < -0.39 is 0 Å². The van der Waals surface area contributed by atoms with Gasteiger partial charge in [0.05, 0.1) is 17.9 Å². The van der Waals surface area contributed by atoms with E-state index >= 15 is 0 Å². The van der Waals surface area contributed by atoms with Crippen molar-refractivity contribution in [3.8, 4) is 0 Å². The van der Waals surface area contributed by atoms with E-state index in [0.717, 1.165) is 70.3 Å². The maximum absolute atomic E-state index is 5.11. The summed E-state index contributed by atoms with van der Waals surface area (Å²) in [5.74, 6) is 1.95. The summed E-state index contributed by atoms with van der Waals surface area (Å²) in [5.41, 5.74) is 3.84. The summed E-state index contributed by atoms with van der Waals surface area (Å²) in [6.07, 6.45) is 8.62. The predicted octanol–water partition coefficient (Wildman–Crippen LogP) is 2.78. The van der Waals surface area contributed by atoms with Gasteiger partial charge in [-0.3, -0.25) is 5.32 Å². The highest BCUT2D eigenvalue weighted by Crippen LogP contribution is 2.28. The first-order valence-electron chi connectivity index (χ1n) is 12.5. The second-order valence-electron chi connectivity index (χ2n) is 9.32. The van der Waals surface area contributed by atoms with Crippen LogP contribution in [0.2, 0.25) is 0 Å². The van der Waals surface area contributed by atoms with Crippen molar-refractivity contribution >= 4 is 11.8 Å². The molecule has 2 saturated heterocycles. The molecule has 2 atom stereocenters. The summed E-state index contributed by atoms with van der Waals surface area (Å²) in [7, 11) is 0. The number of anilines is 2. The van der Waals surface area contributed by atoms with Crippen LogP contribution in [0, 0.1) is 0 Å². The van der Waals surface area contributed by atoms with Crippen LogP contribution < -0.4 is 26.2 Å². The lowest BCUT2D eigenvalue weighted by Gasteiger charge is -2.35. The zero-order valence-electron chi connectivity index (χ0n) is 19.1. The summed E-state index contributed by atoms with van der Waals surface area (Å²) in [6, 6.07) is 10.9. The second kappa shape index (κ2) is 10.6. The van der Waals surface area contributed by atoms with Crippen molar-refractivity contribution in [1.82, 2.24) is 25.9 Å². The Morgan fingerprint density at radius 1 is 0.969 bits per heavy atom. The second-order valence-corrected chi connectivity index (χ2v) is 9.32. The van der Waals surface area contributed by atoms with Gasteiger partial charge in [-0.15, -0.1) is 0 Å². The van der Waals surface area contributed by atoms with Crippen molar-refractivity contribution in [2.45, 2.75) is 70.2 Å². The molecule has 5 rings (SSSR count). The Morgan fingerprint density at radius 3 is 2.66 bits per heavy atom. The van der Waals surface area contributed by atoms with Gasteiger partial charge in [0.25, 0.3) is 0 Å². The minimum absolute atomic E-state index is 0.201. The van der Waals surface area contributed by atoms with Crippen molar-refractivity contribution in [3.05, 3.63) is 47.2 Å². The summed E-state index contributed by atoms with van der Waals surface area (Å²) >= 11 is 0. The number of benzene rings is 1. The zero-order valence-corrected chi connectivity index (χ0v) is 19.1. The minimum atomic E-state index is 0.201. The van der Waals surface area contributed by atoms with E-state index in [1.807, 2.05) is 0 Å². The van der Waals surface area contributed by atoms with Gasteiger partial charge in [0.2, 0.25) is 5.95 Å². The molecule has 32 heavy (non-hydrogen) atoms. The van der Waals surface area contributed by atoms with Crippen LogP contribution in [0.15, 0.2) is 30.3 Å². The quantitative estimate of drug-likeness (QED) is 0.556. The highest BCUT2D eigenvalue weighted by atomic mass is 15.3. The van der Waals surface area contributed by atoms with Crippen molar-refractivity contribution in [1.29, 1.82) is 0 Å². The molecule has 7 heteroatoms. The standard InChI is InChI=1S/C25H37N7/c1-2-7-16-32(15-6-1)24-20-18-26-14-12-21(20)29-25(31-24)30-22-11-8-13-27-23(22)28-17-19-9-4-3-5-10-19/h3-5,9-10,22-23,26-28H,1-2,6-8,11-18H2,(H,29,30,31). The number of aromatic nitrogens is 2. The van der Waals surface area contributed by atoms with Gasteiger partial charge in [-0.2, -0.15) is 4.98 Å². The largest absolute Gasteiger partial charge is 0.356 e. The molecule has 0 bridgehead atoms. The van der Waals surface area contributed by atoms with Gasteiger partial charge >= 0.3 is 0 Å². The number of nitrogens with one attached hydrogen (secondary N) is 4. The molecule has 4 N–H and O–H groups in total. The Morgan fingerprint density at radius 2 is 1.81 bits per heavy atom. The molecule has 1 aromatic heterocycles. The molecule has 3 aliphatic heterocycles. The summed E-state index contributed by atoms with van der Waals surface area (Å²) in [4.78, 5) is 12.6. The molecule has 0 aliphatic carbocycles.